The maximum Gasteiger partial charge on any atom is 0.416 e. The van der Waals surface area contributed by atoms with E-state index in [1.54, 1.807) is 30.6 Å². The minimum Gasteiger partial charge on any atom is -0.399 e. The molecule has 0 saturated carbocycles. The van der Waals surface area contributed by atoms with E-state index in [-0.39, 0.29) is 11.6 Å². The Hall–Kier alpha value is -3.94. The molecule has 4 N–H and O–H groups in total. The fourth-order valence-electron chi connectivity index (χ4n) is 3.75. The Balaban J connectivity index is 0.000000212. The number of benzene rings is 2. The number of aldehydes is 1. The number of carbonyl (C=O) groups is 1. The van der Waals surface area contributed by atoms with Crippen LogP contribution in [0.25, 0.3) is 0 Å². The molecule has 38 heavy (non-hydrogen) atoms. The number of halogens is 3. The molecular formula is C28H30F3N5O2. The van der Waals surface area contributed by atoms with Crippen molar-refractivity contribution in [1.82, 2.24) is 14.9 Å². The third-order valence-electron chi connectivity index (χ3n) is 5.80. The monoisotopic (exact) mass is 525 g/mol. The molecule has 0 aliphatic carbocycles. The van der Waals surface area contributed by atoms with Gasteiger partial charge < -0.3 is 16.2 Å². The lowest BCUT2D eigenvalue weighted by Gasteiger charge is -2.26. The van der Waals surface area contributed by atoms with E-state index < -0.39 is 11.7 Å². The summed E-state index contributed by atoms with van der Waals surface area (Å²) in [6.45, 7) is 6.07. The second-order valence-corrected chi connectivity index (χ2v) is 8.79. The number of morpholine rings is 1. The Morgan fingerprint density at radius 2 is 1.76 bits per heavy atom. The smallest absolute Gasteiger partial charge is 0.399 e. The van der Waals surface area contributed by atoms with Crippen molar-refractivity contribution >= 4 is 17.9 Å². The highest BCUT2D eigenvalue weighted by Gasteiger charge is 2.30. The number of alkyl halides is 3. The molecule has 7 nitrogen and oxygen atoms in total. The summed E-state index contributed by atoms with van der Waals surface area (Å²) in [5.41, 5.74) is 14.2. The molecule has 2 heterocycles. The van der Waals surface area contributed by atoms with E-state index in [0.29, 0.717) is 23.1 Å². The summed E-state index contributed by atoms with van der Waals surface area (Å²) in [5, 5.41) is 0. The summed E-state index contributed by atoms with van der Waals surface area (Å²) in [5.74, 6) is 6.15. The predicted octanol–water partition coefficient (Wildman–Crippen LogP) is 4.13. The van der Waals surface area contributed by atoms with Gasteiger partial charge in [0.2, 0.25) is 5.95 Å². The van der Waals surface area contributed by atoms with Gasteiger partial charge in [0.05, 0.1) is 24.3 Å². The van der Waals surface area contributed by atoms with E-state index in [1.165, 1.54) is 6.07 Å². The average molecular weight is 526 g/mol. The van der Waals surface area contributed by atoms with Crippen molar-refractivity contribution in [2.75, 3.05) is 44.3 Å². The zero-order valence-electron chi connectivity index (χ0n) is 21.1. The lowest BCUT2D eigenvalue weighted by Crippen LogP contribution is -2.36. The average Bonchev–Trinajstić information content (AvgIpc) is 2.89. The number of nitrogens with two attached hydrogens (primary N) is 2. The van der Waals surface area contributed by atoms with E-state index in [1.807, 2.05) is 13.0 Å². The minimum absolute atomic E-state index is 0.168. The van der Waals surface area contributed by atoms with Gasteiger partial charge in [0.15, 0.2) is 0 Å². The van der Waals surface area contributed by atoms with E-state index >= 15 is 0 Å². The summed E-state index contributed by atoms with van der Waals surface area (Å²) in [6, 6.07) is 9.18. The van der Waals surface area contributed by atoms with Crippen LogP contribution >= 0.6 is 0 Å². The highest BCUT2D eigenvalue weighted by atomic mass is 19.4. The molecule has 0 atom stereocenters. The van der Waals surface area contributed by atoms with Crippen LogP contribution in [0.5, 0.6) is 0 Å². The lowest BCUT2D eigenvalue weighted by molar-refractivity contribution is -0.137. The van der Waals surface area contributed by atoms with Crippen LogP contribution in [-0.2, 0) is 17.3 Å². The molecule has 1 aliphatic heterocycles. The Labute approximate surface area is 220 Å². The van der Waals surface area contributed by atoms with Gasteiger partial charge in [-0.2, -0.15) is 13.2 Å². The molecule has 1 aromatic heterocycles. The summed E-state index contributed by atoms with van der Waals surface area (Å²) >= 11 is 0. The number of anilines is 2. The Morgan fingerprint density at radius 1 is 1.05 bits per heavy atom. The number of aryl methyl sites for hydroxylation is 2. The first kappa shape index (κ1) is 28.6. The normalized spacial score (nSPS) is 13.6. The molecule has 0 bridgehead atoms. The van der Waals surface area contributed by atoms with Gasteiger partial charge >= 0.3 is 6.18 Å². The molecule has 0 amide bonds. The number of nitrogen functional groups attached to an aromatic ring is 2. The second kappa shape index (κ2) is 13.6. The van der Waals surface area contributed by atoms with Gasteiger partial charge in [0.25, 0.3) is 0 Å². The molecule has 1 aliphatic rings. The number of ether oxygens (including phenoxy) is 1. The van der Waals surface area contributed by atoms with Gasteiger partial charge in [-0.25, -0.2) is 9.97 Å². The fourth-order valence-corrected chi connectivity index (χ4v) is 3.75. The summed E-state index contributed by atoms with van der Waals surface area (Å²) in [6.07, 6.45) is 1.01. The van der Waals surface area contributed by atoms with Gasteiger partial charge in [0.1, 0.15) is 6.29 Å². The van der Waals surface area contributed by atoms with Crippen molar-refractivity contribution in [3.8, 4) is 11.8 Å². The molecular weight excluding hydrogens is 495 g/mol. The first-order valence-corrected chi connectivity index (χ1v) is 12.1. The zero-order chi connectivity index (χ0) is 27.5. The number of carbonyl (C=O) groups excluding carboxylic acids is 1. The van der Waals surface area contributed by atoms with Crippen molar-refractivity contribution in [2.24, 2.45) is 0 Å². The van der Waals surface area contributed by atoms with E-state index in [2.05, 4.69) is 26.7 Å². The molecule has 0 spiro atoms. The highest BCUT2D eigenvalue weighted by Crippen LogP contribution is 2.31. The van der Waals surface area contributed by atoms with Crippen LogP contribution in [0.4, 0.5) is 24.8 Å². The van der Waals surface area contributed by atoms with Crippen molar-refractivity contribution in [3.63, 3.8) is 0 Å². The number of hydrogen-bond donors (Lipinski definition) is 2. The van der Waals surface area contributed by atoms with Crippen molar-refractivity contribution in [3.05, 3.63) is 82.2 Å². The Bertz CT molecular complexity index is 1280. The minimum atomic E-state index is -4.34. The lowest BCUT2D eigenvalue weighted by atomic mass is 10.0. The summed E-state index contributed by atoms with van der Waals surface area (Å²) < 4.78 is 43.3. The molecule has 1 fully saturated rings. The molecule has 10 heteroatoms. The van der Waals surface area contributed by atoms with E-state index in [9.17, 15) is 18.0 Å². The van der Waals surface area contributed by atoms with Crippen molar-refractivity contribution in [1.29, 1.82) is 0 Å². The van der Waals surface area contributed by atoms with Crippen LogP contribution in [0.2, 0.25) is 0 Å². The topological polar surface area (TPSA) is 107 Å². The van der Waals surface area contributed by atoms with Gasteiger partial charge in [-0.1, -0.05) is 24.0 Å². The maximum atomic E-state index is 12.7. The standard InChI is InChI=1S/C14H19F3N2O.C14H11N3O/c15-14(16,17)12-8-11(9-13(18)10-12)2-1-3-19-4-6-20-7-5-19;1-10-2-3-11(9-18)6-13(10)5-4-12-7-16-14(15)17-8-12/h8-10H,1-7,18H2;2-3,6-9H,1H3,(H2,15,16,17). The molecule has 200 valence electrons. The number of nitrogens with zero attached hydrogens (tertiary/aromatic N) is 3. The van der Waals surface area contributed by atoms with Crippen LogP contribution < -0.4 is 11.5 Å². The van der Waals surface area contributed by atoms with Crippen molar-refractivity contribution < 1.29 is 22.7 Å². The Morgan fingerprint density at radius 3 is 2.42 bits per heavy atom. The van der Waals surface area contributed by atoms with Crippen LogP contribution in [0.1, 0.15) is 44.6 Å². The predicted molar refractivity (Wildman–Crippen MR) is 140 cm³/mol. The molecule has 2 aromatic carbocycles. The van der Waals surface area contributed by atoms with Crippen molar-refractivity contribution in [2.45, 2.75) is 25.9 Å². The van der Waals surface area contributed by atoms with Crippen LogP contribution in [-0.4, -0.2) is 54.0 Å². The maximum absolute atomic E-state index is 12.7. The first-order chi connectivity index (χ1) is 18.1. The number of hydrogen-bond acceptors (Lipinski definition) is 7. The number of aromatic nitrogens is 2. The third-order valence-corrected chi connectivity index (χ3v) is 5.80. The SMILES string of the molecule is Cc1ccc(C=O)cc1C#Cc1cnc(N)nc1.Nc1cc(CCCN2CCOCC2)cc(C(F)(F)F)c1. The first-order valence-electron chi connectivity index (χ1n) is 12.1. The molecule has 1 saturated heterocycles. The second-order valence-electron chi connectivity index (χ2n) is 8.79. The van der Waals surface area contributed by atoms with Crippen LogP contribution in [0, 0.1) is 18.8 Å². The summed E-state index contributed by atoms with van der Waals surface area (Å²) in [7, 11) is 0. The Kier molecular flexibility index (Phi) is 10.2. The zero-order valence-corrected chi connectivity index (χ0v) is 21.1. The largest absolute Gasteiger partial charge is 0.416 e. The van der Waals surface area contributed by atoms with Gasteiger partial charge in [-0.3, -0.25) is 9.69 Å². The highest BCUT2D eigenvalue weighted by molar-refractivity contribution is 5.76. The van der Waals surface area contributed by atoms with Gasteiger partial charge in [0, 0.05) is 42.3 Å². The number of rotatable bonds is 5. The molecule has 4 rings (SSSR count). The fraction of sp³-hybridized carbons (Fsp3) is 0.321. The van der Waals surface area contributed by atoms with Gasteiger partial charge in [-0.15, -0.1) is 0 Å². The molecule has 3 aromatic rings. The third kappa shape index (κ3) is 9.18. The molecule has 0 unspecified atom stereocenters. The summed E-state index contributed by atoms with van der Waals surface area (Å²) in [4.78, 5) is 20.7. The van der Waals surface area contributed by atoms with Crippen LogP contribution in [0.15, 0.2) is 48.8 Å². The quantitative estimate of drug-likeness (QED) is 0.293. The van der Waals surface area contributed by atoms with E-state index in [4.69, 9.17) is 16.2 Å². The van der Waals surface area contributed by atoms with Crippen LogP contribution in [0.3, 0.4) is 0 Å². The molecule has 0 radical (unpaired) electrons. The van der Waals surface area contributed by atoms with Gasteiger partial charge in [-0.05, 0) is 61.7 Å². The van der Waals surface area contributed by atoms with E-state index in [0.717, 1.165) is 62.7 Å².